The van der Waals surface area contributed by atoms with Crippen LogP contribution in [0.2, 0.25) is 0 Å². The first-order valence-electron chi connectivity index (χ1n) is 10.6. The van der Waals surface area contributed by atoms with E-state index in [-0.39, 0.29) is 18.0 Å². The number of benzene rings is 2. The van der Waals surface area contributed by atoms with Gasteiger partial charge in [-0.25, -0.2) is 4.39 Å². The minimum atomic E-state index is -0.253. The molecule has 7 nitrogen and oxygen atoms in total. The van der Waals surface area contributed by atoms with Gasteiger partial charge in [0.1, 0.15) is 29.2 Å². The second-order valence-corrected chi connectivity index (χ2v) is 7.63. The lowest BCUT2D eigenvalue weighted by Gasteiger charge is -2.38. The summed E-state index contributed by atoms with van der Waals surface area (Å²) in [7, 11) is 6.65. The van der Waals surface area contributed by atoms with Crippen LogP contribution in [0.15, 0.2) is 41.4 Å². The van der Waals surface area contributed by atoms with Crippen LogP contribution in [0.3, 0.4) is 0 Å². The van der Waals surface area contributed by atoms with Crippen molar-refractivity contribution in [3.8, 4) is 17.2 Å². The van der Waals surface area contributed by atoms with Crippen LogP contribution in [0, 0.1) is 5.82 Å². The number of rotatable bonds is 7. The van der Waals surface area contributed by atoms with Crippen molar-refractivity contribution in [3.63, 3.8) is 0 Å². The Morgan fingerprint density at radius 1 is 1.09 bits per heavy atom. The number of hydrogen-bond acceptors (Lipinski definition) is 5. The summed E-state index contributed by atoms with van der Waals surface area (Å²) >= 11 is 0. The van der Waals surface area contributed by atoms with Crippen molar-refractivity contribution in [1.82, 2.24) is 10.2 Å². The van der Waals surface area contributed by atoms with Crippen LogP contribution in [-0.4, -0.2) is 65.0 Å². The van der Waals surface area contributed by atoms with Crippen molar-refractivity contribution in [2.75, 3.05) is 48.0 Å². The molecule has 1 aliphatic heterocycles. The zero-order valence-corrected chi connectivity index (χ0v) is 19.4. The van der Waals surface area contributed by atoms with Gasteiger partial charge in [-0.3, -0.25) is 4.99 Å². The van der Waals surface area contributed by atoms with E-state index in [1.54, 1.807) is 40.5 Å². The maximum Gasteiger partial charge on any atom is 0.193 e. The smallest absolute Gasteiger partial charge is 0.193 e. The third-order valence-electron chi connectivity index (χ3n) is 5.49. The molecule has 2 unspecified atom stereocenters. The molecule has 0 amide bonds. The van der Waals surface area contributed by atoms with Gasteiger partial charge in [-0.15, -0.1) is 0 Å². The summed E-state index contributed by atoms with van der Waals surface area (Å²) in [4.78, 5) is 6.64. The van der Waals surface area contributed by atoms with Gasteiger partial charge in [0, 0.05) is 37.8 Å². The molecular formula is C24H32FN3O4. The van der Waals surface area contributed by atoms with Crippen LogP contribution >= 0.6 is 0 Å². The Morgan fingerprint density at radius 2 is 1.75 bits per heavy atom. The average Bonchev–Trinajstić information content (AvgIpc) is 2.81. The predicted octanol–water partition coefficient (Wildman–Crippen LogP) is 3.43. The molecule has 0 bridgehead atoms. The van der Waals surface area contributed by atoms with E-state index in [0.29, 0.717) is 43.3 Å². The van der Waals surface area contributed by atoms with Crippen molar-refractivity contribution >= 4 is 5.96 Å². The quantitative estimate of drug-likeness (QED) is 0.520. The highest BCUT2D eigenvalue weighted by atomic mass is 19.1. The highest BCUT2D eigenvalue weighted by Crippen LogP contribution is 2.34. The second kappa shape index (κ2) is 11.0. The molecule has 2 aromatic carbocycles. The van der Waals surface area contributed by atoms with E-state index in [1.165, 1.54) is 12.1 Å². The normalized spacial score (nSPS) is 18.9. The Hall–Kier alpha value is -3.00. The highest BCUT2D eigenvalue weighted by molar-refractivity contribution is 5.80. The topological polar surface area (TPSA) is 64.6 Å². The summed E-state index contributed by atoms with van der Waals surface area (Å²) in [6, 6.07) is 10.2. The minimum Gasteiger partial charge on any atom is -0.496 e. The number of morpholine rings is 1. The van der Waals surface area contributed by atoms with Crippen molar-refractivity contribution < 1.29 is 23.3 Å². The van der Waals surface area contributed by atoms with Crippen molar-refractivity contribution in [2.45, 2.75) is 25.6 Å². The molecular weight excluding hydrogens is 413 g/mol. The first kappa shape index (κ1) is 23.7. The summed E-state index contributed by atoms with van der Waals surface area (Å²) in [5, 5.41) is 3.44. The fourth-order valence-electron chi connectivity index (χ4n) is 3.94. The molecule has 1 aliphatic rings. The largest absolute Gasteiger partial charge is 0.496 e. The predicted molar refractivity (Wildman–Crippen MR) is 122 cm³/mol. The van der Waals surface area contributed by atoms with E-state index in [0.717, 1.165) is 17.1 Å². The molecule has 32 heavy (non-hydrogen) atoms. The number of hydrogen-bond donors (Lipinski definition) is 1. The third kappa shape index (κ3) is 5.62. The van der Waals surface area contributed by atoms with E-state index < -0.39 is 0 Å². The summed E-state index contributed by atoms with van der Waals surface area (Å²) in [6.45, 7) is 4.01. The van der Waals surface area contributed by atoms with Gasteiger partial charge in [-0.2, -0.15) is 0 Å². The number of aliphatic imine (C=N–C) groups is 1. The van der Waals surface area contributed by atoms with Gasteiger partial charge in [0.15, 0.2) is 5.96 Å². The first-order chi connectivity index (χ1) is 15.5. The van der Waals surface area contributed by atoms with E-state index in [9.17, 15) is 4.39 Å². The second-order valence-electron chi connectivity index (χ2n) is 7.63. The van der Waals surface area contributed by atoms with Crippen LogP contribution in [0.25, 0.3) is 0 Å². The molecule has 8 heteroatoms. The first-order valence-corrected chi connectivity index (χ1v) is 10.6. The van der Waals surface area contributed by atoms with Crippen LogP contribution in [-0.2, 0) is 11.2 Å². The van der Waals surface area contributed by atoms with Gasteiger partial charge in [0.2, 0.25) is 0 Å². The fourth-order valence-corrected chi connectivity index (χ4v) is 3.94. The van der Waals surface area contributed by atoms with Gasteiger partial charge in [-0.1, -0.05) is 12.1 Å². The zero-order valence-electron chi connectivity index (χ0n) is 19.4. The molecule has 2 atom stereocenters. The van der Waals surface area contributed by atoms with Gasteiger partial charge in [0.05, 0.1) is 34.0 Å². The Labute approximate surface area is 189 Å². The maximum atomic E-state index is 13.3. The van der Waals surface area contributed by atoms with Gasteiger partial charge in [-0.05, 0) is 31.0 Å². The molecule has 0 aromatic heterocycles. The molecule has 174 valence electrons. The van der Waals surface area contributed by atoms with E-state index in [1.807, 2.05) is 19.1 Å². The molecule has 1 saturated heterocycles. The molecule has 2 aromatic rings. The molecule has 3 rings (SSSR count). The fraction of sp³-hybridized carbons (Fsp3) is 0.458. The van der Waals surface area contributed by atoms with Gasteiger partial charge in [0.25, 0.3) is 0 Å². The molecule has 0 saturated carbocycles. The van der Waals surface area contributed by atoms with E-state index in [2.05, 4.69) is 15.2 Å². The Balaban J connectivity index is 1.67. The minimum absolute atomic E-state index is 0.0131. The number of nitrogens with zero attached hydrogens (tertiary/aromatic N) is 2. The number of ether oxygens (including phenoxy) is 4. The Bertz CT molecular complexity index is 895. The standard InChI is InChI=1S/C24H32FN3O4/c1-16-14-28(15-23(32-16)17-6-8-18(25)9-7-17)24(26-2)27-11-10-20-21(30-4)12-19(29-3)13-22(20)31-5/h6-9,12-13,16,23H,10-11,14-15H2,1-5H3,(H,26,27). The Morgan fingerprint density at radius 3 is 2.31 bits per heavy atom. The molecule has 1 heterocycles. The number of methoxy groups -OCH3 is 3. The summed E-state index contributed by atoms with van der Waals surface area (Å²) in [5.41, 5.74) is 1.91. The highest BCUT2D eigenvalue weighted by Gasteiger charge is 2.28. The van der Waals surface area contributed by atoms with Crippen molar-refractivity contribution in [2.24, 2.45) is 4.99 Å². The summed E-state index contributed by atoms with van der Waals surface area (Å²) < 4.78 is 35.8. The number of guanidine groups is 1. The molecule has 0 spiro atoms. The monoisotopic (exact) mass is 445 g/mol. The molecule has 0 aliphatic carbocycles. The summed E-state index contributed by atoms with van der Waals surface area (Å²) in [6.07, 6.45) is 0.537. The van der Waals surface area contributed by atoms with Crippen LogP contribution in [0.1, 0.15) is 24.2 Å². The molecule has 0 radical (unpaired) electrons. The summed E-state index contributed by atoms with van der Waals surface area (Å²) in [5.74, 6) is 2.65. The average molecular weight is 446 g/mol. The zero-order chi connectivity index (χ0) is 23.1. The van der Waals surface area contributed by atoms with Crippen molar-refractivity contribution in [3.05, 3.63) is 53.3 Å². The maximum absolute atomic E-state index is 13.3. The van der Waals surface area contributed by atoms with Gasteiger partial charge < -0.3 is 29.2 Å². The van der Waals surface area contributed by atoms with Gasteiger partial charge >= 0.3 is 0 Å². The van der Waals surface area contributed by atoms with Crippen LogP contribution < -0.4 is 19.5 Å². The lowest BCUT2D eigenvalue weighted by atomic mass is 10.1. The lowest BCUT2D eigenvalue weighted by Crippen LogP contribution is -2.51. The van der Waals surface area contributed by atoms with E-state index in [4.69, 9.17) is 18.9 Å². The number of nitrogens with one attached hydrogen (secondary N) is 1. The molecule has 1 N–H and O–H groups in total. The third-order valence-corrected chi connectivity index (χ3v) is 5.49. The Kier molecular flexibility index (Phi) is 8.16. The lowest BCUT2D eigenvalue weighted by molar-refractivity contribution is -0.0604. The van der Waals surface area contributed by atoms with Crippen LogP contribution in [0.5, 0.6) is 17.2 Å². The van der Waals surface area contributed by atoms with Crippen molar-refractivity contribution in [1.29, 1.82) is 0 Å². The van der Waals surface area contributed by atoms with E-state index >= 15 is 0 Å². The SMILES string of the molecule is CN=C(NCCc1c(OC)cc(OC)cc1OC)N1CC(C)OC(c2ccc(F)cc2)C1. The van der Waals surface area contributed by atoms with Crippen LogP contribution in [0.4, 0.5) is 4.39 Å². The number of halogens is 1. The molecule has 1 fully saturated rings.